The van der Waals surface area contributed by atoms with Crippen molar-refractivity contribution in [1.29, 1.82) is 0 Å². The zero-order valence-electron chi connectivity index (χ0n) is 13.0. The van der Waals surface area contributed by atoms with Gasteiger partial charge in [0, 0.05) is 19.1 Å². The summed E-state index contributed by atoms with van der Waals surface area (Å²) in [4.78, 5) is 7.24. The summed E-state index contributed by atoms with van der Waals surface area (Å²) in [6.07, 6.45) is 1.82. The Kier molecular flexibility index (Phi) is 3.18. The molecular formula is C16H20N6. The van der Waals surface area contributed by atoms with E-state index >= 15 is 0 Å². The summed E-state index contributed by atoms with van der Waals surface area (Å²) in [7, 11) is 0. The average Bonchev–Trinajstić information content (AvgIpc) is 3.09. The van der Waals surface area contributed by atoms with Gasteiger partial charge in [0.2, 0.25) is 0 Å². The van der Waals surface area contributed by atoms with Crippen LogP contribution in [0.1, 0.15) is 31.5 Å². The molecule has 0 aliphatic carbocycles. The van der Waals surface area contributed by atoms with E-state index < -0.39 is 0 Å². The number of nitrogens with zero attached hydrogens (tertiary/aromatic N) is 6. The van der Waals surface area contributed by atoms with Gasteiger partial charge in [0.05, 0.1) is 24.1 Å². The fourth-order valence-corrected chi connectivity index (χ4v) is 3.23. The van der Waals surface area contributed by atoms with E-state index in [0.29, 0.717) is 6.04 Å². The van der Waals surface area contributed by atoms with Gasteiger partial charge in [-0.1, -0.05) is 12.1 Å². The lowest BCUT2D eigenvalue weighted by molar-refractivity contribution is 0.201. The number of imidazole rings is 1. The van der Waals surface area contributed by atoms with Crippen molar-refractivity contribution >= 4 is 11.0 Å². The molecule has 0 saturated heterocycles. The van der Waals surface area contributed by atoms with Crippen molar-refractivity contribution in [3.63, 3.8) is 0 Å². The maximum Gasteiger partial charge on any atom is 0.147 e. The maximum absolute atomic E-state index is 4.85. The summed E-state index contributed by atoms with van der Waals surface area (Å²) in [5, 5.41) is 8.18. The SMILES string of the molecule is CC(C)n1c(CN2CCn3cnnc3C2)nc2ccccc21. The van der Waals surface area contributed by atoms with Crippen LogP contribution in [0.25, 0.3) is 11.0 Å². The van der Waals surface area contributed by atoms with Gasteiger partial charge in [-0.2, -0.15) is 0 Å². The minimum Gasteiger partial charge on any atom is -0.324 e. The summed E-state index contributed by atoms with van der Waals surface area (Å²) >= 11 is 0. The van der Waals surface area contributed by atoms with Crippen LogP contribution in [0.15, 0.2) is 30.6 Å². The minimum absolute atomic E-state index is 0.399. The molecule has 2 aromatic heterocycles. The number of fused-ring (bicyclic) bond motifs is 2. The monoisotopic (exact) mass is 296 g/mol. The number of hydrogen-bond donors (Lipinski definition) is 0. The standard InChI is InChI=1S/C16H20N6/c1-12(2)22-14-6-4-3-5-13(14)18-15(22)9-20-7-8-21-11-17-19-16(21)10-20/h3-6,11-12H,7-10H2,1-2H3. The second kappa shape index (κ2) is 5.21. The first-order chi connectivity index (χ1) is 10.7. The lowest BCUT2D eigenvalue weighted by Crippen LogP contribution is -2.34. The Morgan fingerprint density at radius 2 is 2.05 bits per heavy atom. The van der Waals surface area contributed by atoms with Gasteiger partial charge in [0.25, 0.3) is 0 Å². The number of aromatic nitrogens is 5. The highest BCUT2D eigenvalue weighted by Gasteiger charge is 2.21. The Morgan fingerprint density at radius 3 is 2.91 bits per heavy atom. The molecule has 0 fully saturated rings. The lowest BCUT2D eigenvalue weighted by Gasteiger charge is -2.27. The summed E-state index contributed by atoms with van der Waals surface area (Å²) in [5.41, 5.74) is 2.29. The van der Waals surface area contributed by atoms with Crippen molar-refractivity contribution in [1.82, 2.24) is 29.2 Å². The van der Waals surface area contributed by atoms with Crippen LogP contribution in [0, 0.1) is 0 Å². The normalized spacial score (nSPS) is 15.6. The molecule has 6 nitrogen and oxygen atoms in total. The number of para-hydroxylation sites is 2. The van der Waals surface area contributed by atoms with Crippen LogP contribution in [0.2, 0.25) is 0 Å². The molecular weight excluding hydrogens is 276 g/mol. The third kappa shape index (κ3) is 2.20. The molecule has 0 bridgehead atoms. The van der Waals surface area contributed by atoms with E-state index in [-0.39, 0.29) is 0 Å². The highest BCUT2D eigenvalue weighted by molar-refractivity contribution is 5.76. The average molecular weight is 296 g/mol. The molecule has 0 saturated carbocycles. The van der Waals surface area contributed by atoms with Gasteiger partial charge in [-0.15, -0.1) is 10.2 Å². The Bertz CT molecular complexity index is 800. The maximum atomic E-state index is 4.85. The molecule has 1 aliphatic heterocycles. The van der Waals surface area contributed by atoms with Gasteiger partial charge in [0.1, 0.15) is 18.0 Å². The molecule has 0 atom stereocenters. The molecule has 4 rings (SSSR count). The third-order valence-electron chi connectivity index (χ3n) is 4.27. The Morgan fingerprint density at radius 1 is 1.18 bits per heavy atom. The molecule has 0 amide bonds. The molecule has 3 heterocycles. The van der Waals surface area contributed by atoms with Crippen molar-refractivity contribution in [2.24, 2.45) is 0 Å². The van der Waals surface area contributed by atoms with Crippen molar-refractivity contribution in [2.45, 2.75) is 39.5 Å². The van der Waals surface area contributed by atoms with E-state index in [1.54, 1.807) is 0 Å². The number of benzene rings is 1. The Balaban J connectivity index is 1.66. The zero-order valence-corrected chi connectivity index (χ0v) is 13.0. The first kappa shape index (κ1) is 13.5. The van der Waals surface area contributed by atoms with Crippen LogP contribution < -0.4 is 0 Å². The highest BCUT2D eigenvalue weighted by atomic mass is 15.3. The van der Waals surface area contributed by atoms with Crippen LogP contribution in [0.3, 0.4) is 0 Å². The topological polar surface area (TPSA) is 51.8 Å². The quantitative estimate of drug-likeness (QED) is 0.743. The van der Waals surface area contributed by atoms with Crippen LogP contribution in [-0.2, 0) is 19.6 Å². The zero-order chi connectivity index (χ0) is 15.1. The second-order valence-corrected chi connectivity index (χ2v) is 6.13. The lowest BCUT2D eigenvalue weighted by atomic mass is 10.3. The van der Waals surface area contributed by atoms with Gasteiger partial charge in [-0.3, -0.25) is 4.90 Å². The van der Waals surface area contributed by atoms with Crippen LogP contribution >= 0.6 is 0 Å². The largest absolute Gasteiger partial charge is 0.324 e. The first-order valence-electron chi connectivity index (χ1n) is 7.77. The molecule has 0 radical (unpaired) electrons. The van der Waals surface area contributed by atoms with Gasteiger partial charge < -0.3 is 9.13 Å². The van der Waals surface area contributed by atoms with Crippen LogP contribution in [0.4, 0.5) is 0 Å². The van der Waals surface area contributed by atoms with Crippen molar-refractivity contribution in [3.8, 4) is 0 Å². The first-order valence-corrected chi connectivity index (χ1v) is 7.77. The summed E-state index contributed by atoms with van der Waals surface area (Å²) < 4.78 is 4.47. The van der Waals surface area contributed by atoms with Crippen molar-refractivity contribution in [2.75, 3.05) is 6.54 Å². The third-order valence-corrected chi connectivity index (χ3v) is 4.27. The van der Waals surface area contributed by atoms with E-state index in [1.807, 2.05) is 12.4 Å². The van der Waals surface area contributed by atoms with Crippen LogP contribution in [-0.4, -0.2) is 35.8 Å². The number of hydrogen-bond acceptors (Lipinski definition) is 4. The summed E-state index contributed by atoms with van der Waals surface area (Å²) in [5.74, 6) is 2.17. The van der Waals surface area contributed by atoms with E-state index in [2.05, 4.69) is 56.3 Å². The molecule has 0 spiro atoms. The second-order valence-electron chi connectivity index (χ2n) is 6.13. The predicted molar refractivity (Wildman–Crippen MR) is 84.3 cm³/mol. The summed E-state index contributed by atoms with van der Waals surface area (Å²) in [6, 6.07) is 8.77. The fourth-order valence-electron chi connectivity index (χ4n) is 3.23. The molecule has 114 valence electrons. The van der Waals surface area contributed by atoms with Gasteiger partial charge >= 0.3 is 0 Å². The predicted octanol–water partition coefficient (Wildman–Crippen LogP) is 2.22. The number of rotatable bonds is 3. The molecule has 1 aromatic carbocycles. The molecule has 22 heavy (non-hydrogen) atoms. The minimum atomic E-state index is 0.399. The van der Waals surface area contributed by atoms with E-state index in [1.165, 1.54) is 5.52 Å². The summed E-state index contributed by atoms with van der Waals surface area (Å²) in [6.45, 7) is 8.06. The van der Waals surface area contributed by atoms with Crippen LogP contribution in [0.5, 0.6) is 0 Å². The Labute approximate surface area is 129 Å². The van der Waals surface area contributed by atoms with Gasteiger partial charge in [0.15, 0.2) is 0 Å². The fraction of sp³-hybridized carbons (Fsp3) is 0.438. The molecule has 6 heteroatoms. The molecule has 0 N–H and O–H groups in total. The van der Waals surface area contributed by atoms with E-state index in [4.69, 9.17) is 4.98 Å². The molecule has 3 aromatic rings. The molecule has 1 aliphatic rings. The molecule has 0 unspecified atom stereocenters. The van der Waals surface area contributed by atoms with E-state index in [9.17, 15) is 0 Å². The Hall–Kier alpha value is -2.21. The van der Waals surface area contributed by atoms with Crippen molar-refractivity contribution < 1.29 is 0 Å². The van der Waals surface area contributed by atoms with Crippen molar-refractivity contribution in [3.05, 3.63) is 42.2 Å². The smallest absolute Gasteiger partial charge is 0.147 e. The van der Waals surface area contributed by atoms with Gasteiger partial charge in [-0.05, 0) is 26.0 Å². The highest BCUT2D eigenvalue weighted by Crippen LogP contribution is 2.23. The van der Waals surface area contributed by atoms with Gasteiger partial charge in [-0.25, -0.2) is 4.98 Å². The van der Waals surface area contributed by atoms with E-state index in [0.717, 1.165) is 43.3 Å².